The zero-order chi connectivity index (χ0) is 21.3. The molecule has 0 amide bonds. The Morgan fingerprint density at radius 1 is 0.933 bits per heavy atom. The van der Waals surface area contributed by atoms with Crippen LogP contribution in [0.15, 0.2) is 48.8 Å². The second-order valence-corrected chi connectivity index (χ2v) is 9.10. The number of nitrogens with zero attached hydrogens (tertiary/aromatic N) is 2. The first-order valence-electron chi connectivity index (χ1n) is 11.5. The van der Waals surface area contributed by atoms with Crippen molar-refractivity contribution in [2.24, 2.45) is 7.05 Å². The monoisotopic (exact) mass is 400 g/mol. The minimum absolute atomic E-state index is 0.268. The average Bonchev–Trinajstić information content (AvgIpc) is 3.10. The average molecular weight is 400 g/mol. The number of hydrogen-bond donors (Lipinski definition) is 1. The second kappa shape index (κ2) is 8.71. The molecule has 1 N–H and O–H groups in total. The topological polar surface area (TPSA) is 20.8 Å². The van der Waals surface area contributed by atoms with E-state index in [1.807, 2.05) is 0 Å². The normalized spacial score (nSPS) is 14.7. The van der Waals surface area contributed by atoms with Crippen molar-refractivity contribution >= 4 is 18.0 Å². The van der Waals surface area contributed by atoms with Gasteiger partial charge in [0.2, 0.25) is 0 Å². The van der Waals surface area contributed by atoms with Gasteiger partial charge in [-0.3, -0.25) is 4.48 Å². The lowest BCUT2D eigenvalue weighted by molar-refractivity contribution is -0.521. The first kappa shape index (κ1) is 20.8. The molecule has 4 heteroatoms. The van der Waals surface area contributed by atoms with Crippen LogP contribution in [0.5, 0.6) is 0 Å². The standard InChI is InChI=1S/C26H34BN3/c1-19-11-10-16-23(28-22-14-7-6-8-15-22)24(19)26-29(5)17-18-30(26)27(4)25-20(2)12-9-13-21(25)3/h9-13,16-18,22H,6-8,14-15H2,1-5H3/p+1. The van der Waals surface area contributed by atoms with Gasteiger partial charge in [0.1, 0.15) is 12.4 Å². The Hall–Kier alpha value is -2.49. The second-order valence-electron chi connectivity index (χ2n) is 9.10. The number of rotatable bonds is 5. The zero-order valence-electron chi connectivity index (χ0n) is 19.2. The summed E-state index contributed by atoms with van der Waals surface area (Å²) in [5, 5.41) is 3.91. The first-order chi connectivity index (χ1) is 14.5. The van der Waals surface area contributed by atoms with Gasteiger partial charge in [0.25, 0.3) is 5.82 Å². The maximum atomic E-state index is 3.91. The molecule has 1 aromatic heterocycles. The predicted octanol–water partition coefficient (Wildman–Crippen LogP) is 5.03. The molecule has 1 heterocycles. The number of anilines is 1. The summed E-state index contributed by atoms with van der Waals surface area (Å²) in [5.74, 6) is 1.27. The third-order valence-corrected chi connectivity index (χ3v) is 6.87. The van der Waals surface area contributed by atoms with Gasteiger partial charge >= 0.3 is 6.85 Å². The van der Waals surface area contributed by atoms with Gasteiger partial charge in [-0.1, -0.05) is 60.7 Å². The van der Waals surface area contributed by atoms with Gasteiger partial charge in [-0.2, -0.15) is 0 Å². The number of hydrogen-bond acceptors (Lipinski definition) is 1. The van der Waals surface area contributed by atoms with Crippen LogP contribution in [0.3, 0.4) is 0 Å². The van der Waals surface area contributed by atoms with E-state index in [4.69, 9.17) is 0 Å². The number of nitrogens with one attached hydrogen (secondary N) is 1. The van der Waals surface area contributed by atoms with Crippen LogP contribution in [0.1, 0.15) is 48.8 Å². The quantitative estimate of drug-likeness (QED) is 0.596. The molecule has 2 aromatic carbocycles. The van der Waals surface area contributed by atoms with E-state index in [2.05, 4.69) is 97.8 Å². The molecule has 1 fully saturated rings. The third kappa shape index (κ3) is 3.92. The van der Waals surface area contributed by atoms with Crippen LogP contribution in [0.25, 0.3) is 11.4 Å². The molecule has 3 nitrogen and oxygen atoms in total. The van der Waals surface area contributed by atoms with Gasteiger partial charge in [0, 0.05) is 6.04 Å². The summed E-state index contributed by atoms with van der Waals surface area (Å²) in [7, 11) is 2.17. The molecule has 30 heavy (non-hydrogen) atoms. The Balaban J connectivity index is 1.80. The number of imidazole rings is 1. The lowest BCUT2D eigenvalue weighted by atomic mass is 9.55. The highest BCUT2D eigenvalue weighted by molar-refractivity contribution is 6.65. The molecule has 0 radical (unpaired) electrons. The molecule has 0 bridgehead atoms. The first-order valence-corrected chi connectivity index (χ1v) is 11.5. The van der Waals surface area contributed by atoms with Crippen molar-refractivity contribution in [1.82, 2.24) is 4.57 Å². The number of aromatic nitrogens is 2. The van der Waals surface area contributed by atoms with E-state index in [0.29, 0.717) is 6.04 Å². The predicted molar refractivity (Wildman–Crippen MR) is 129 cm³/mol. The van der Waals surface area contributed by atoms with Gasteiger partial charge in [0.15, 0.2) is 0 Å². The molecule has 0 unspecified atom stereocenters. The highest BCUT2D eigenvalue weighted by Crippen LogP contribution is 2.32. The summed E-state index contributed by atoms with van der Waals surface area (Å²) in [6.07, 6.45) is 11.0. The largest absolute Gasteiger partial charge is 0.409 e. The van der Waals surface area contributed by atoms with E-state index in [1.165, 1.54) is 71.3 Å². The lowest BCUT2D eigenvalue weighted by Gasteiger charge is -2.25. The van der Waals surface area contributed by atoms with Gasteiger partial charge in [-0.25, -0.2) is 4.57 Å². The summed E-state index contributed by atoms with van der Waals surface area (Å²) in [4.78, 5) is 0. The van der Waals surface area contributed by atoms with Crippen LogP contribution in [0.2, 0.25) is 6.82 Å². The number of aryl methyl sites for hydroxylation is 4. The van der Waals surface area contributed by atoms with Crippen molar-refractivity contribution in [3.8, 4) is 11.4 Å². The molecule has 0 spiro atoms. The van der Waals surface area contributed by atoms with Crippen LogP contribution < -0.4 is 15.3 Å². The molecule has 3 aromatic rings. The Bertz CT molecular complexity index is 1010. The molecule has 156 valence electrons. The molecule has 4 rings (SSSR count). The highest BCUT2D eigenvalue weighted by Gasteiger charge is 2.31. The molecule has 1 aliphatic rings. The van der Waals surface area contributed by atoms with Gasteiger partial charge in [0.05, 0.1) is 18.3 Å². The van der Waals surface area contributed by atoms with E-state index in [0.717, 1.165) is 0 Å². The summed E-state index contributed by atoms with van der Waals surface area (Å²) >= 11 is 0. The SMILES string of the molecule is CB(c1c(C)cccc1C)[n+]1ccn(C)c1-c1c(C)cccc1NC1CCCCC1. The Morgan fingerprint density at radius 3 is 2.27 bits per heavy atom. The Morgan fingerprint density at radius 2 is 1.57 bits per heavy atom. The van der Waals surface area contributed by atoms with Crippen LogP contribution in [-0.4, -0.2) is 17.5 Å². The van der Waals surface area contributed by atoms with Crippen molar-refractivity contribution in [1.29, 1.82) is 0 Å². The molecule has 0 atom stereocenters. The summed E-state index contributed by atoms with van der Waals surface area (Å²) in [6.45, 7) is 9.29. The maximum Gasteiger partial charge on any atom is 0.409 e. The summed E-state index contributed by atoms with van der Waals surface area (Å²) in [5.41, 5.74) is 8.05. The molecule has 1 aliphatic carbocycles. The van der Waals surface area contributed by atoms with Crippen LogP contribution in [0.4, 0.5) is 5.69 Å². The molecular weight excluding hydrogens is 365 g/mol. The van der Waals surface area contributed by atoms with Gasteiger partial charge < -0.3 is 5.32 Å². The molecular formula is C26H35BN3+. The van der Waals surface area contributed by atoms with Crippen molar-refractivity contribution in [2.75, 3.05) is 5.32 Å². The van der Waals surface area contributed by atoms with Gasteiger partial charge in [-0.15, -0.1) is 0 Å². The third-order valence-electron chi connectivity index (χ3n) is 6.87. The summed E-state index contributed by atoms with van der Waals surface area (Å²) in [6, 6.07) is 13.9. The fourth-order valence-electron chi connectivity index (χ4n) is 5.29. The maximum absolute atomic E-state index is 3.91. The highest BCUT2D eigenvalue weighted by atomic mass is 15.1. The van der Waals surface area contributed by atoms with Gasteiger partial charge in [-0.05, 0) is 57.5 Å². The Kier molecular flexibility index (Phi) is 6.03. The van der Waals surface area contributed by atoms with Crippen LogP contribution >= 0.6 is 0 Å². The van der Waals surface area contributed by atoms with Crippen molar-refractivity contribution in [3.05, 3.63) is 65.5 Å². The zero-order valence-corrected chi connectivity index (χ0v) is 19.2. The van der Waals surface area contributed by atoms with E-state index in [-0.39, 0.29) is 6.85 Å². The van der Waals surface area contributed by atoms with Crippen molar-refractivity contribution in [3.63, 3.8) is 0 Å². The van der Waals surface area contributed by atoms with E-state index in [9.17, 15) is 0 Å². The fraction of sp³-hybridized carbons (Fsp3) is 0.423. The minimum atomic E-state index is 0.268. The number of benzene rings is 2. The molecule has 1 saturated carbocycles. The molecule has 0 aliphatic heterocycles. The lowest BCUT2D eigenvalue weighted by Crippen LogP contribution is -2.58. The molecule has 0 saturated heterocycles. The van der Waals surface area contributed by atoms with E-state index in [1.54, 1.807) is 0 Å². The van der Waals surface area contributed by atoms with E-state index >= 15 is 0 Å². The van der Waals surface area contributed by atoms with Crippen LogP contribution in [0, 0.1) is 20.8 Å². The van der Waals surface area contributed by atoms with Crippen molar-refractivity contribution < 1.29 is 4.48 Å². The smallest absolute Gasteiger partial charge is 0.382 e. The summed E-state index contributed by atoms with van der Waals surface area (Å²) < 4.78 is 4.72. The van der Waals surface area contributed by atoms with Crippen molar-refractivity contribution in [2.45, 2.75) is 65.7 Å². The van der Waals surface area contributed by atoms with E-state index < -0.39 is 0 Å². The van der Waals surface area contributed by atoms with Crippen LogP contribution in [-0.2, 0) is 7.05 Å². The minimum Gasteiger partial charge on any atom is -0.382 e. The Labute approximate surface area is 182 Å². The fourth-order valence-corrected chi connectivity index (χ4v) is 5.29.